The van der Waals surface area contributed by atoms with Gasteiger partial charge >= 0.3 is 0 Å². The molecule has 3 aromatic rings. The van der Waals surface area contributed by atoms with Crippen LogP contribution >= 0.6 is 11.3 Å². The van der Waals surface area contributed by atoms with Gasteiger partial charge in [-0.2, -0.15) is 0 Å². The summed E-state index contributed by atoms with van der Waals surface area (Å²) in [5, 5.41) is 7.53. The number of nitrogens with zero attached hydrogens (tertiary/aromatic N) is 6. The van der Waals surface area contributed by atoms with E-state index in [0.29, 0.717) is 5.95 Å². The summed E-state index contributed by atoms with van der Waals surface area (Å²) in [7, 11) is 3.98. The average molecular weight is 397 g/mol. The molecule has 1 aliphatic rings. The number of hydrogen-bond acceptors (Lipinski definition) is 9. The minimum Gasteiger partial charge on any atom is -0.368 e. The molecule has 4 heterocycles. The highest BCUT2D eigenvalue weighted by Crippen LogP contribution is 2.33. The SMILES string of the molecule is Cc1nc(N(C)C)sc1-c1ccnc(Nc2ccc(N3CCNCC3)cn2)n1. The second-order valence-electron chi connectivity index (χ2n) is 6.83. The summed E-state index contributed by atoms with van der Waals surface area (Å²) in [5.74, 6) is 1.25. The van der Waals surface area contributed by atoms with Crippen molar-refractivity contribution in [1.82, 2.24) is 25.3 Å². The van der Waals surface area contributed by atoms with Gasteiger partial charge in [0.05, 0.1) is 28.1 Å². The highest BCUT2D eigenvalue weighted by molar-refractivity contribution is 7.19. The fourth-order valence-corrected chi connectivity index (χ4v) is 4.00. The second-order valence-corrected chi connectivity index (χ2v) is 7.81. The smallest absolute Gasteiger partial charge is 0.228 e. The maximum Gasteiger partial charge on any atom is 0.228 e. The number of aryl methyl sites for hydroxylation is 1. The van der Waals surface area contributed by atoms with Crippen molar-refractivity contribution in [3.8, 4) is 10.6 Å². The Bertz CT molecular complexity index is 931. The number of hydrogen-bond donors (Lipinski definition) is 2. The molecule has 0 aromatic carbocycles. The molecule has 8 nitrogen and oxygen atoms in total. The number of thiazole rings is 1. The second kappa shape index (κ2) is 8.07. The van der Waals surface area contributed by atoms with E-state index in [1.165, 1.54) is 0 Å². The van der Waals surface area contributed by atoms with Crippen molar-refractivity contribution in [2.45, 2.75) is 6.92 Å². The molecule has 1 fully saturated rings. The molecule has 28 heavy (non-hydrogen) atoms. The van der Waals surface area contributed by atoms with Crippen molar-refractivity contribution in [3.05, 3.63) is 36.3 Å². The highest BCUT2D eigenvalue weighted by Gasteiger charge is 2.14. The van der Waals surface area contributed by atoms with E-state index in [4.69, 9.17) is 0 Å². The van der Waals surface area contributed by atoms with Gasteiger partial charge in [0.25, 0.3) is 0 Å². The van der Waals surface area contributed by atoms with Gasteiger partial charge in [-0.1, -0.05) is 11.3 Å². The Kier molecular flexibility index (Phi) is 5.36. The van der Waals surface area contributed by atoms with Crippen molar-refractivity contribution in [3.63, 3.8) is 0 Å². The largest absolute Gasteiger partial charge is 0.368 e. The molecule has 4 rings (SSSR count). The molecular weight excluding hydrogens is 372 g/mol. The lowest BCUT2D eigenvalue weighted by Gasteiger charge is -2.29. The van der Waals surface area contributed by atoms with Gasteiger partial charge in [-0.05, 0) is 25.1 Å². The number of anilines is 4. The molecule has 0 saturated carbocycles. The third-order valence-corrected chi connectivity index (χ3v) is 5.87. The molecular formula is C19H24N8S. The van der Waals surface area contributed by atoms with E-state index in [1.54, 1.807) is 17.5 Å². The van der Waals surface area contributed by atoms with Crippen molar-refractivity contribution in [1.29, 1.82) is 0 Å². The summed E-state index contributed by atoms with van der Waals surface area (Å²) >= 11 is 1.62. The first kappa shape index (κ1) is 18.6. The van der Waals surface area contributed by atoms with Crippen LogP contribution < -0.4 is 20.4 Å². The molecule has 1 aliphatic heterocycles. The van der Waals surface area contributed by atoms with E-state index in [2.05, 4.69) is 41.5 Å². The van der Waals surface area contributed by atoms with Crippen LogP contribution in [0.2, 0.25) is 0 Å². The van der Waals surface area contributed by atoms with E-state index >= 15 is 0 Å². The first-order chi connectivity index (χ1) is 13.6. The van der Waals surface area contributed by atoms with Gasteiger partial charge in [-0.25, -0.2) is 19.9 Å². The van der Waals surface area contributed by atoms with Crippen LogP contribution in [-0.2, 0) is 0 Å². The van der Waals surface area contributed by atoms with Gasteiger partial charge in [0.1, 0.15) is 5.82 Å². The monoisotopic (exact) mass is 396 g/mol. The topological polar surface area (TPSA) is 82.1 Å². The first-order valence-corrected chi connectivity index (χ1v) is 10.1. The fraction of sp³-hybridized carbons (Fsp3) is 0.368. The van der Waals surface area contributed by atoms with Crippen LogP contribution in [0.1, 0.15) is 5.69 Å². The standard InChI is InChI=1S/C19H24N8S/c1-13-17(28-19(23-13)26(2)3)15-6-7-21-18(24-15)25-16-5-4-14(12-22-16)27-10-8-20-9-11-27/h4-7,12,20H,8-11H2,1-3H3,(H,21,22,24,25). The average Bonchev–Trinajstić information content (AvgIpc) is 3.12. The van der Waals surface area contributed by atoms with Crippen molar-refractivity contribution >= 4 is 33.9 Å². The summed E-state index contributed by atoms with van der Waals surface area (Å²) in [6.45, 7) is 6.02. The third-order valence-electron chi connectivity index (χ3n) is 4.53. The van der Waals surface area contributed by atoms with Gasteiger partial charge in [0, 0.05) is 46.5 Å². The molecule has 0 bridgehead atoms. The van der Waals surface area contributed by atoms with E-state index < -0.39 is 0 Å². The summed E-state index contributed by atoms with van der Waals surface area (Å²) in [6, 6.07) is 5.96. The van der Waals surface area contributed by atoms with Crippen LogP contribution in [0.5, 0.6) is 0 Å². The number of aromatic nitrogens is 4. The summed E-state index contributed by atoms with van der Waals surface area (Å²) < 4.78 is 0. The van der Waals surface area contributed by atoms with Crippen LogP contribution in [0.15, 0.2) is 30.6 Å². The molecule has 0 unspecified atom stereocenters. The predicted octanol–water partition coefficient (Wildman–Crippen LogP) is 2.52. The molecule has 1 saturated heterocycles. The predicted molar refractivity (Wildman–Crippen MR) is 115 cm³/mol. The first-order valence-electron chi connectivity index (χ1n) is 9.27. The lowest BCUT2D eigenvalue weighted by atomic mass is 10.3. The zero-order valence-electron chi connectivity index (χ0n) is 16.3. The molecule has 2 N–H and O–H groups in total. The molecule has 0 spiro atoms. The van der Waals surface area contributed by atoms with Crippen LogP contribution in [0.25, 0.3) is 10.6 Å². The maximum atomic E-state index is 4.66. The third kappa shape index (κ3) is 4.05. The van der Waals surface area contributed by atoms with E-state index in [9.17, 15) is 0 Å². The molecule has 0 amide bonds. The minimum atomic E-state index is 0.527. The Morgan fingerprint density at radius 1 is 1.11 bits per heavy atom. The van der Waals surface area contributed by atoms with Gasteiger partial charge in [0.2, 0.25) is 5.95 Å². The highest BCUT2D eigenvalue weighted by atomic mass is 32.1. The lowest BCUT2D eigenvalue weighted by molar-refractivity contribution is 0.589. The van der Waals surface area contributed by atoms with Gasteiger partial charge in [0.15, 0.2) is 5.13 Å². The van der Waals surface area contributed by atoms with E-state index in [0.717, 1.165) is 59.1 Å². The Hall–Kier alpha value is -2.78. The summed E-state index contributed by atoms with van der Waals surface area (Å²) in [4.78, 5) is 23.5. The normalized spacial score (nSPS) is 14.2. The summed E-state index contributed by atoms with van der Waals surface area (Å²) in [6.07, 6.45) is 3.66. The molecule has 0 aliphatic carbocycles. The van der Waals surface area contributed by atoms with E-state index in [-0.39, 0.29) is 0 Å². The van der Waals surface area contributed by atoms with Crippen LogP contribution in [0, 0.1) is 6.92 Å². The molecule has 146 valence electrons. The molecule has 0 radical (unpaired) electrons. The van der Waals surface area contributed by atoms with Crippen molar-refractivity contribution in [2.75, 3.05) is 55.4 Å². The fourth-order valence-electron chi connectivity index (χ4n) is 3.04. The summed E-state index contributed by atoms with van der Waals surface area (Å²) in [5.41, 5.74) is 2.97. The van der Waals surface area contributed by atoms with Crippen LogP contribution in [-0.4, -0.2) is 60.2 Å². The zero-order chi connectivity index (χ0) is 19.5. The number of piperazine rings is 1. The minimum absolute atomic E-state index is 0.527. The molecule has 0 atom stereocenters. The van der Waals surface area contributed by atoms with Crippen molar-refractivity contribution < 1.29 is 0 Å². The molecule has 3 aromatic heterocycles. The Morgan fingerprint density at radius 3 is 2.61 bits per heavy atom. The Balaban J connectivity index is 1.50. The van der Waals surface area contributed by atoms with Crippen molar-refractivity contribution in [2.24, 2.45) is 0 Å². The number of pyridine rings is 1. The number of nitrogens with one attached hydrogen (secondary N) is 2. The van der Waals surface area contributed by atoms with Crippen LogP contribution in [0.4, 0.5) is 22.6 Å². The maximum absolute atomic E-state index is 4.66. The van der Waals surface area contributed by atoms with Gasteiger partial charge in [-0.15, -0.1) is 0 Å². The van der Waals surface area contributed by atoms with E-state index in [1.807, 2.05) is 44.2 Å². The Labute approximate surface area is 168 Å². The van der Waals surface area contributed by atoms with Gasteiger partial charge in [-0.3, -0.25) is 0 Å². The van der Waals surface area contributed by atoms with Crippen LogP contribution in [0.3, 0.4) is 0 Å². The molecule has 9 heteroatoms. The van der Waals surface area contributed by atoms with Gasteiger partial charge < -0.3 is 20.4 Å². The quantitative estimate of drug-likeness (QED) is 0.681. The zero-order valence-corrected chi connectivity index (χ0v) is 17.1. The number of rotatable bonds is 5. The lowest BCUT2D eigenvalue weighted by Crippen LogP contribution is -2.43. The Morgan fingerprint density at radius 2 is 1.93 bits per heavy atom.